The highest BCUT2D eigenvalue weighted by Gasteiger charge is 2.13. The third-order valence-corrected chi connectivity index (χ3v) is 3.29. The molecule has 0 aliphatic heterocycles. The van der Waals surface area contributed by atoms with Crippen molar-refractivity contribution >= 4 is 11.7 Å². The monoisotopic (exact) mass is 291 g/mol. The van der Waals surface area contributed by atoms with Gasteiger partial charge in [-0.05, 0) is 37.6 Å². The summed E-state index contributed by atoms with van der Waals surface area (Å²) in [7, 11) is 0. The van der Waals surface area contributed by atoms with Gasteiger partial charge in [0.2, 0.25) is 0 Å². The zero-order valence-electron chi connectivity index (χ0n) is 12.0. The second kappa shape index (κ2) is 6.39. The summed E-state index contributed by atoms with van der Waals surface area (Å²) in [5.41, 5.74) is 6.46. The highest BCUT2D eigenvalue weighted by Crippen LogP contribution is 2.15. The van der Waals surface area contributed by atoms with Crippen molar-refractivity contribution in [3.8, 4) is 0 Å². The fourth-order valence-electron chi connectivity index (χ4n) is 1.82. The van der Waals surface area contributed by atoms with Crippen molar-refractivity contribution in [2.45, 2.75) is 32.9 Å². The summed E-state index contributed by atoms with van der Waals surface area (Å²) >= 11 is 0. The maximum Gasteiger partial charge on any atom is 0.340 e. The normalized spacial score (nSPS) is 12.1. The Morgan fingerprint density at radius 3 is 2.90 bits per heavy atom. The molecule has 0 bridgehead atoms. The van der Waals surface area contributed by atoms with E-state index in [1.165, 1.54) is 12.1 Å². The largest absolute Gasteiger partial charge is 0.455 e. The highest BCUT2D eigenvalue weighted by atomic mass is 19.1. The van der Waals surface area contributed by atoms with Crippen molar-refractivity contribution in [2.75, 3.05) is 5.73 Å². The number of aromatic nitrogens is 2. The van der Waals surface area contributed by atoms with Crippen molar-refractivity contribution in [3.63, 3.8) is 0 Å². The van der Waals surface area contributed by atoms with Crippen LogP contribution in [0.25, 0.3) is 0 Å². The Morgan fingerprint density at radius 1 is 1.48 bits per heavy atom. The van der Waals surface area contributed by atoms with Crippen LogP contribution in [0.2, 0.25) is 0 Å². The summed E-state index contributed by atoms with van der Waals surface area (Å²) in [4.78, 5) is 11.9. The van der Waals surface area contributed by atoms with E-state index in [0.717, 1.165) is 12.5 Å². The number of anilines is 1. The third-order valence-electron chi connectivity index (χ3n) is 3.29. The molecular weight excluding hydrogens is 273 g/mol. The first-order valence-corrected chi connectivity index (χ1v) is 6.77. The van der Waals surface area contributed by atoms with Crippen LogP contribution in [0.4, 0.5) is 10.1 Å². The molecule has 1 unspecified atom stereocenters. The van der Waals surface area contributed by atoms with E-state index in [2.05, 4.69) is 18.9 Å². The molecule has 0 saturated carbocycles. The minimum atomic E-state index is -0.592. The number of carbonyl (C=O) groups excluding carboxylic acids is 1. The Hall–Kier alpha value is -2.37. The number of ether oxygens (including phenoxy) is 1. The Balaban J connectivity index is 1.99. The van der Waals surface area contributed by atoms with Gasteiger partial charge in [-0.1, -0.05) is 6.92 Å². The Labute approximate surface area is 122 Å². The zero-order chi connectivity index (χ0) is 15.4. The number of esters is 1. The van der Waals surface area contributed by atoms with E-state index in [4.69, 9.17) is 10.5 Å². The summed E-state index contributed by atoms with van der Waals surface area (Å²) in [6.07, 6.45) is 2.82. The van der Waals surface area contributed by atoms with Gasteiger partial charge in [-0.25, -0.2) is 9.18 Å². The third kappa shape index (κ3) is 3.59. The van der Waals surface area contributed by atoms with E-state index < -0.39 is 11.8 Å². The average Bonchev–Trinajstić information content (AvgIpc) is 2.92. The fourth-order valence-corrected chi connectivity index (χ4v) is 1.82. The first-order chi connectivity index (χ1) is 10.0. The van der Waals surface area contributed by atoms with Crippen LogP contribution in [0.3, 0.4) is 0 Å². The molecule has 2 aromatic rings. The minimum Gasteiger partial charge on any atom is -0.455 e. The lowest BCUT2D eigenvalue weighted by atomic mass is 10.2. The second-order valence-electron chi connectivity index (χ2n) is 4.85. The molecular formula is C15H18FN3O2. The van der Waals surface area contributed by atoms with E-state index in [1.807, 2.05) is 10.9 Å². The SMILES string of the molecule is CCC(C)n1ccc(COC(=O)c2ccc(F)cc2N)n1. The Bertz CT molecular complexity index is 640. The van der Waals surface area contributed by atoms with Gasteiger partial charge < -0.3 is 10.5 Å². The van der Waals surface area contributed by atoms with Crippen LogP contribution in [0, 0.1) is 5.82 Å². The van der Waals surface area contributed by atoms with Gasteiger partial charge in [-0.2, -0.15) is 5.10 Å². The van der Waals surface area contributed by atoms with Gasteiger partial charge in [0.15, 0.2) is 0 Å². The number of halogens is 1. The molecule has 1 aromatic carbocycles. The molecule has 5 nitrogen and oxygen atoms in total. The first-order valence-electron chi connectivity index (χ1n) is 6.77. The molecule has 1 aromatic heterocycles. The van der Waals surface area contributed by atoms with Crippen LogP contribution in [-0.4, -0.2) is 15.7 Å². The molecule has 1 atom stereocenters. The molecule has 0 radical (unpaired) electrons. The van der Waals surface area contributed by atoms with Gasteiger partial charge in [0, 0.05) is 17.9 Å². The van der Waals surface area contributed by atoms with Crippen LogP contribution < -0.4 is 5.73 Å². The molecule has 2 N–H and O–H groups in total. The maximum atomic E-state index is 12.9. The molecule has 0 fully saturated rings. The first kappa shape index (κ1) is 15.0. The van der Waals surface area contributed by atoms with Gasteiger partial charge in [-0.15, -0.1) is 0 Å². The Morgan fingerprint density at radius 2 is 2.24 bits per heavy atom. The van der Waals surface area contributed by atoms with Crippen LogP contribution in [0.1, 0.15) is 42.4 Å². The summed E-state index contributed by atoms with van der Waals surface area (Å²) in [6, 6.07) is 5.67. The smallest absolute Gasteiger partial charge is 0.340 e. The lowest BCUT2D eigenvalue weighted by Crippen LogP contribution is -2.10. The molecule has 6 heteroatoms. The fraction of sp³-hybridized carbons (Fsp3) is 0.333. The van der Waals surface area contributed by atoms with E-state index in [9.17, 15) is 9.18 Å². The number of hydrogen-bond acceptors (Lipinski definition) is 4. The van der Waals surface area contributed by atoms with Gasteiger partial charge in [0.1, 0.15) is 12.4 Å². The second-order valence-corrected chi connectivity index (χ2v) is 4.85. The van der Waals surface area contributed by atoms with Crippen LogP contribution in [-0.2, 0) is 11.3 Å². The predicted octanol–water partition coefficient (Wildman–Crippen LogP) is 2.93. The molecule has 0 spiro atoms. The molecule has 112 valence electrons. The number of nitrogens with zero attached hydrogens (tertiary/aromatic N) is 2. The van der Waals surface area contributed by atoms with Crippen molar-refractivity contribution in [1.29, 1.82) is 0 Å². The van der Waals surface area contributed by atoms with E-state index in [1.54, 1.807) is 6.07 Å². The summed E-state index contributed by atoms with van der Waals surface area (Å²) in [5.74, 6) is -1.08. The van der Waals surface area contributed by atoms with Gasteiger partial charge in [0.05, 0.1) is 11.3 Å². The molecule has 0 aliphatic rings. The molecule has 0 aliphatic carbocycles. The van der Waals surface area contributed by atoms with Crippen molar-refractivity contribution in [1.82, 2.24) is 9.78 Å². The molecule has 2 rings (SSSR count). The summed E-state index contributed by atoms with van der Waals surface area (Å²) in [6.45, 7) is 4.18. The number of nitrogens with two attached hydrogens (primary N) is 1. The van der Waals surface area contributed by atoms with Crippen molar-refractivity contribution < 1.29 is 13.9 Å². The van der Waals surface area contributed by atoms with E-state index in [-0.39, 0.29) is 17.9 Å². The number of benzene rings is 1. The average molecular weight is 291 g/mol. The quantitative estimate of drug-likeness (QED) is 0.679. The standard InChI is InChI=1S/C15H18FN3O2/c1-3-10(2)19-7-6-12(18-19)9-21-15(20)13-5-4-11(16)8-14(13)17/h4-8,10H,3,9,17H2,1-2H3. The number of nitrogen functional groups attached to an aromatic ring is 1. The zero-order valence-corrected chi connectivity index (χ0v) is 12.0. The molecule has 0 amide bonds. The highest BCUT2D eigenvalue weighted by molar-refractivity contribution is 5.94. The minimum absolute atomic E-state index is 0.0546. The van der Waals surface area contributed by atoms with Crippen molar-refractivity contribution in [2.24, 2.45) is 0 Å². The molecule has 21 heavy (non-hydrogen) atoms. The van der Waals surface area contributed by atoms with E-state index >= 15 is 0 Å². The van der Waals surface area contributed by atoms with Crippen LogP contribution in [0.15, 0.2) is 30.5 Å². The Kier molecular flexibility index (Phi) is 4.57. The van der Waals surface area contributed by atoms with Crippen LogP contribution in [0.5, 0.6) is 0 Å². The van der Waals surface area contributed by atoms with Gasteiger partial charge in [-0.3, -0.25) is 4.68 Å². The van der Waals surface area contributed by atoms with Gasteiger partial charge >= 0.3 is 5.97 Å². The predicted molar refractivity (Wildman–Crippen MR) is 77.2 cm³/mol. The van der Waals surface area contributed by atoms with Crippen LogP contribution >= 0.6 is 0 Å². The summed E-state index contributed by atoms with van der Waals surface area (Å²) < 4.78 is 19.9. The number of carbonyl (C=O) groups is 1. The lowest BCUT2D eigenvalue weighted by Gasteiger charge is -2.08. The lowest BCUT2D eigenvalue weighted by molar-refractivity contribution is 0.0468. The number of hydrogen-bond donors (Lipinski definition) is 1. The number of rotatable bonds is 5. The topological polar surface area (TPSA) is 70.1 Å². The van der Waals surface area contributed by atoms with E-state index in [0.29, 0.717) is 11.7 Å². The van der Waals surface area contributed by atoms with Crippen molar-refractivity contribution in [3.05, 3.63) is 47.5 Å². The molecule has 1 heterocycles. The maximum absolute atomic E-state index is 12.9. The van der Waals surface area contributed by atoms with Gasteiger partial charge in [0.25, 0.3) is 0 Å². The molecule has 0 saturated heterocycles. The summed E-state index contributed by atoms with van der Waals surface area (Å²) in [5, 5.41) is 4.33.